The molecule has 0 amide bonds. The van der Waals surface area contributed by atoms with Crippen LogP contribution in [-0.4, -0.2) is 30.6 Å². The number of fused-ring (bicyclic) bond motifs is 1. The first-order chi connectivity index (χ1) is 10.3. The van der Waals surface area contributed by atoms with Gasteiger partial charge in [0, 0.05) is 18.1 Å². The van der Waals surface area contributed by atoms with Crippen molar-refractivity contribution in [3.05, 3.63) is 35.4 Å². The predicted octanol–water partition coefficient (Wildman–Crippen LogP) is 4.09. The zero-order valence-corrected chi connectivity index (χ0v) is 13.8. The fourth-order valence-electron chi connectivity index (χ4n) is 4.12. The van der Waals surface area contributed by atoms with Gasteiger partial charge in [0.2, 0.25) is 0 Å². The van der Waals surface area contributed by atoms with Gasteiger partial charge in [-0.2, -0.15) is 0 Å². The Balaban J connectivity index is 1.87. The molecule has 2 heteroatoms. The Kier molecular flexibility index (Phi) is 4.66. The van der Waals surface area contributed by atoms with Crippen LogP contribution >= 0.6 is 0 Å². The molecule has 1 fully saturated rings. The molecule has 2 aliphatic rings. The smallest absolute Gasteiger partial charge is 0.0478 e. The van der Waals surface area contributed by atoms with Crippen molar-refractivity contribution in [2.24, 2.45) is 0 Å². The molecule has 116 valence electrons. The van der Waals surface area contributed by atoms with E-state index in [0.29, 0.717) is 18.0 Å². The van der Waals surface area contributed by atoms with E-state index in [1.54, 1.807) is 5.56 Å². The predicted molar refractivity (Wildman–Crippen MR) is 89.7 cm³/mol. The molecule has 0 heterocycles. The zero-order chi connectivity index (χ0) is 14.8. The second kappa shape index (κ2) is 6.50. The van der Waals surface area contributed by atoms with Gasteiger partial charge in [-0.1, -0.05) is 44.5 Å². The Morgan fingerprint density at radius 3 is 2.52 bits per heavy atom. The van der Waals surface area contributed by atoms with Gasteiger partial charge in [0.15, 0.2) is 0 Å². The average molecular weight is 286 g/mol. The number of benzene rings is 1. The summed E-state index contributed by atoms with van der Waals surface area (Å²) >= 11 is 0. The lowest BCUT2D eigenvalue weighted by molar-refractivity contribution is 0.125. The van der Waals surface area contributed by atoms with E-state index in [1.807, 2.05) is 0 Å². The summed E-state index contributed by atoms with van der Waals surface area (Å²) in [6.45, 7) is 5.99. The summed E-state index contributed by atoms with van der Waals surface area (Å²) in [5.74, 6) is 0.679. The summed E-state index contributed by atoms with van der Waals surface area (Å²) in [6, 6.07) is 11.1. The average Bonchev–Trinajstić information content (AvgIpc) is 3.33. The molecule has 1 aromatic carbocycles. The van der Waals surface area contributed by atoms with Crippen molar-refractivity contribution in [3.8, 4) is 0 Å². The van der Waals surface area contributed by atoms with Gasteiger partial charge in [-0.3, -0.25) is 4.90 Å². The molecule has 0 spiro atoms. The van der Waals surface area contributed by atoms with Gasteiger partial charge >= 0.3 is 0 Å². The third kappa shape index (κ3) is 3.02. The van der Waals surface area contributed by atoms with Crippen LogP contribution in [0.5, 0.6) is 0 Å². The first kappa shape index (κ1) is 15.1. The monoisotopic (exact) mass is 286 g/mol. The largest absolute Gasteiger partial charge is 0.312 e. The van der Waals surface area contributed by atoms with Crippen LogP contribution < -0.4 is 5.32 Å². The summed E-state index contributed by atoms with van der Waals surface area (Å²) in [7, 11) is 2.13. The lowest BCUT2D eigenvalue weighted by atomic mass is 9.77. The molecular formula is C19H30N2. The maximum atomic E-state index is 3.63. The minimum atomic E-state index is 0.495. The molecule has 0 radical (unpaired) electrons. The van der Waals surface area contributed by atoms with Crippen LogP contribution in [-0.2, 0) is 0 Å². The van der Waals surface area contributed by atoms with Gasteiger partial charge in [0.05, 0.1) is 0 Å². The number of hydrogen-bond acceptors (Lipinski definition) is 2. The minimum absolute atomic E-state index is 0.495. The van der Waals surface area contributed by atoms with Crippen molar-refractivity contribution >= 4 is 0 Å². The molecule has 21 heavy (non-hydrogen) atoms. The number of hydrogen-bond donors (Lipinski definition) is 1. The maximum absolute atomic E-state index is 3.63. The Bertz CT molecular complexity index is 466. The summed E-state index contributed by atoms with van der Waals surface area (Å²) in [6.07, 6.45) is 6.74. The normalized spacial score (nSPS) is 28.7. The number of unbranched alkanes of at least 4 members (excludes halogenated alkanes) is 1. The van der Waals surface area contributed by atoms with E-state index >= 15 is 0 Å². The van der Waals surface area contributed by atoms with Crippen LogP contribution in [0.25, 0.3) is 0 Å². The molecule has 1 N–H and O–H groups in total. The molecule has 3 rings (SSSR count). The van der Waals surface area contributed by atoms with Crippen LogP contribution in [0, 0.1) is 0 Å². The Morgan fingerprint density at radius 1 is 1.19 bits per heavy atom. The van der Waals surface area contributed by atoms with Crippen molar-refractivity contribution in [2.75, 3.05) is 13.6 Å². The summed E-state index contributed by atoms with van der Waals surface area (Å²) in [4.78, 5) is 2.83. The van der Waals surface area contributed by atoms with Crippen molar-refractivity contribution in [1.29, 1.82) is 0 Å². The molecular weight excluding hydrogens is 256 g/mol. The van der Waals surface area contributed by atoms with Gasteiger partial charge in [-0.25, -0.2) is 0 Å². The topological polar surface area (TPSA) is 15.3 Å². The molecule has 1 aromatic rings. The van der Waals surface area contributed by atoms with E-state index in [4.69, 9.17) is 0 Å². The molecule has 0 bridgehead atoms. The van der Waals surface area contributed by atoms with Crippen LogP contribution in [0.1, 0.15) is 69.0 Å². The summed E-state index contributed by atoms with van der Waals surface area (Å²) in [5, 5.41) is 3.63. The Morgan fingerprint density at radius 2 is 1.90 bits per heavy atom. The summed E-state index contributed by atoms with van der Waals surface area (Å²) in [5.41, 5.74) is 3.09. The number of likely N-dealkylation sites (N-methyl/N-ethyl adjacent to an activating group) is 1. The molecule has 0 aromatic heterocycles. The van der Waals surface area contributed by atoms with Crippen molar-refractivity contribution in [1.82, 2.24) is 10.2 Å². The van der Waals surface area contributed by atoms with Crippen molar-refractivity contribution in [2.45, 2.75) is 70.0 Å². The molecule has 3 unspecified atom stereocenters. The van der Waals surface area contributed by atoms with Crippen molar-refractivity contribution < 1.29 is 0 Å². The van der Waals surface area contributed by atoms with Crippen LogP contribution in [0.4, 0.5) is 0 Å². The molecule has 0 aliphatic heterocycles. The highest BCUT2D eigenvalue weighted by Gasteiger charge is 2.40. The second-order valence-corrected chi connectivity index (χ2v) is 6.92. The standard InChI is InChI=1S/C19H30N2/c1-4-5-12-21(15-10-11-15)18-13-14(2)16-8-6-7-9-17(16)19(18)20-3/h6-9,14-15,18-20H,4-5,10-13H2,1-3H3. The number of nitrogens with zero attached hydrogens (tertiary/aromatic N) is 1. The van der Waals surface area contributed by atoms with Gasteiger partial charge in [0.1, 0.15) is 0 Å². The lowest BCUT2D eigenvalue weighted by Crippen LogP contribution is -2.48. The molecule has 2 nitrogen and oxygen atoms in total. The highest BCUT2D eigenvalue weighted by atomic mass is 15.2. The van der Waals surface area contributed by atoms with E-state index < -0.39 is 0 Å². The summed E-state index contributed by atoms with van der Waals surface area (Å²) < 4.78 is 0. The van der Waals surface area contributed by atoms with Gasteiger partial charge in [0.25, 0.3) is 0 Å². The van der Waals surface area contributed by atoms with Gasteiger partial charge in [-0.15, -0.1) is 0 Å². The van der Waals surface area contributed by atoms with Crippen LogP contribution in [0.3, 0.4) is 0 Å². The molecule has 3 atom stereocenters. The lowest BCUT2D eigenvalue weighted by Gasteiger charge is -2.43. The van der Waals surface area contributed by atoms with E-state index in [1.165, 1.54) is 44.2 Å². The van der Waals surface area contributed by atoms with E-state index in [2.05, 4.69) is 55.4 Å². The minimum Gasteiger partial charge on any atom is -0.312 e. The third-order valence-electron chi connectivity index (χ3n) is 5.36. The number of nitrogens with one attached hydrogen (secondary N) is 1. The fourth-order valence-corrected chi connectivity index (χ4v) is 4.12. The van der Waals surface area contributed by atoms with Crippen LogP contribution in [0.15, 0.2) is 24.3 Å². The highest BCUT2D eigenvalue weighted by molar-refractivity contribution is 5.37. The third-order valence-corrected chi connectivity index (χ3v) is 5.36. The zero-order valence-electron chi connectivity index (χ0n) is 13.8. The van der Waals surface area contributed by atoms with Gasteiger partial charge < -0.3 is 5.32 Å². The molecule has 2 aliphatic carbocycles. The number of rotatable bonds is 6. The highest BCUT2D eigenvalue weighted by Crippen LogP contribution is 2.42. The molecule has 1 saturated carbocycles. The first-order valence-electron chi connectivity index (χ1n) is 8.78. The van der Waals surface area contributed by atoms with Crippen molar-refractivity contribution in [3.63, 3.8) is 0 Å². The maximum Gasteiger partial charge on any atom is 0.0478 e. The second-order valence-electron chi connectivity index (χ2n) is 6.92. The quantitative estimate of drug-likeness (QED) is 0.847. The molecule has 0 saturated heterocycles. The van der Waals surface area contributed by atoms with E-state index in [0.717, 1.165) is 6.04 Å². The Hall–Kier alpha value is -0.860. The first-order valence-corrected chi connectivity index (χ1v) is 8.78. The van der Waals surface area contributed by atoms with Crippen LogP contribution in [0.2, 0.25) is 0 Å². The SMILES string of the molecule is CCCCN(C1CC1)C1CC(C)c2ccccc2C1NC. The Labute approximate surface area is 129 Å². The fraction of sp³-hybridized carbons (Fsp3) is 0.684. The van der Waals surface area contributed by atoms with E-state index in [-0.39, 0.29) is 0 Å². The van der Waals surface area contributed by atoms with Gasteiger partial charge in [-0.05, 0) is 56.3 Å². The van der Waals surface area contributed by atoms with E-state index in [9.17, 15) is 0 Å².